The lowest BCUT2D eigenvalue weighted by atomic mass is 10.1. The molecule has 1 amide bonds. The number of carbonyl (C=O) groups excluding carboxylic acids is 1. The Morgan fingerprint density at radius 1 is 1.07 bits per heavy atom. The normalized spacial score (nSPS) is 16.6. The third-order valence-electron chi connectivity index (χ3n) is 4.49. The standard InChI is InChI=1S/C20H18N2O3S2/c1-2-18-20(23)21-17-12-14(10-11-19(17)26-18)27(24,25)22-16-9-5-7-13-6-3-4-8-15(13)16/h3-12,18,22H,2H2,1H3,(H,21,23)/t18-/m0/s1. The van der Waals surface area contributed by atoms with Gasteiger partial charge in [-0.25, -0.2) is 8.42 Å². The van der Waals surface area contributed by atoms with Gasteiger partial charge in [-0.15, -0.1) is 11.8 Å². The zero-order valence-corrected chi connectivity index (χ0v) is 16.2. The first kappa shape index (κ1) is 17.9. The number of hydrogen-bond donors (Lipinski definition) is 2. The second-order valence-corrected chi connectivity index (χ2v) is 9.22. The summed E-state index contributed by atoms with van der Waals surface area (Å²) in [6, 6.07) is 17.9. The van der Waals surface area contributed by atoms with Crippen molar-refractivity contribution in [2.24, 2.45) is 0 Å². The van der Waals surface area contributed by atoms with Crippen LogP contribution in [0.4, 0.5) is 11.4 Å². The Labute approximate surface area is 162 Å². The molecule has 0 fully saturated rings. The Morgan fingerprint density at radius 2 is 1.85 bits per heavy atom. The van der Waals surface area contributed by atoms with Gasteiger partial charge in [0, 0.05) is 10.3 Å². The summed E-state index contributed by atoms with van der Waals surface area (Å²) in [5.74, 6) is -0.0911. The number of sulfonamides is 1. The van der Waals surface area contributed by atoms with Crippen molar-refractivity contribution in [3.05, 3.63) is 60.7 Å². The number of nitrogens with one attached hydrogen (secondary N) is 2. The number of amides is 1. The van der Waals surface area contributed by atoms with Gasteiger partial charge in [-0.1, -0.05) is 43.3 Å². The second-order valence-electron chi connectivity index (χ2n) is 6.29. The van der Waals surface area contributed by atoms with Gasteiger partial charge in [0.2, 0.25) is 5.91 Å². The fraction of sp³-hybridized carbons (Fsp3) is 0.150. The van der Waals surface area contributed by atoms with Gasteiger partial charge in [-0.3, -0.25) is 9.52 Å². The van der Waals surface area contributed by atoms with E-state index in [1.807, 2.05) is 43.3 Å². The molecule has 1 aliphatic heterocycles. The van der Waals surface area contributed by atoms with Crippen molar-refractivity contribution in [1.82, 2.24) is 0 Å². The summed E-state index contributed by atoms with van der Waals surface area (Å²) in [6.45, 7) is 1.95. The minimum atomic E-state index is -3.79. The van der Waals surface area contributed by atoms with Crippen molar-refractivity contribution < 1.29 is 13.2 Å². The van der Waals surface area contributed by atoms with E-state index < -0.39 is 10.0 Å². The zero-order chi connectivity index (χ0) is 19.0. The lowest BCUT2D eigenvalue weighted by Gasteiger charge is -2.23. The highest BCUT2D eigenvalue weighted by molar-refractivity contribution is 8.01. The number of carbonyl (C=O) groups is 1. The van der Waals surface area contributed by atoms with Crippen LogP contribution in [0.2, 0.25) is 0 Å². The Morgan fingerprint density at radius 3 is 2.67 bits per heavy atom. The predicted molar refractivity (Wildman–Crippen MR) is 110 cm³/mol. The molecule has 0 unspecified atom stereocenters. The highest BCUT2D eigenvalue weighted by Crippen LogP contribution is 2.38. The third kappa shape index (κ3) is 3.40. The van der Waals surface area contributed by atoms with E-state index >= 15 is 0 Å². The molecule has 2 N–H and O–H groups in total. The quantitative estimate of drug-likeness (QED) is 0.680. The Balaban J connectivity index is 1.69. The molecule has 1 aliphatic rings. The maximum Gasteiger partial charge on any atom is 0.261 e. The van der Waals surface area contributed by atoms with E-state index in [0.717, 1.165) is 22.1 Å². The van der Waals surface area contributed by atoms with Crippen LogP contribution in [0.3, 0.4) is 0 Å². The molecule has 3 aromatic carbocycles. The maximum atomic E-state index is 12.9. The number of anilines is 2. The average Bonchev–Trinajstić information content (AvgIpc) is 2.67. The summed E-state index contributed by atoms with van der Waals surface area (Å²) in [4.78, 5) is 13.1. The van der Waals surface area contributed by atoms with E-state index in [1.54, 1.807) is 18.2 Å². The number of hydrogen-bond acceptors (Lipinski definition) is 4. The molecule has 0 aromatic heterocycles. The molecule has 4 rings (SSSR count). The average molecular weight is 399 g/mol. The molecule has 0 saturated carbocycles. The fourth-order valence-electron chi connectivity index (χ4n) is 3.08. The zero-order valence-electron chi connectivity index (χ0n) is 14.6. The highest BCUT2D eigenvalue weighted by atomic mass is 32.2. The monoisotopic (exact) mass is 398 g/mol. The van der Waals surface area contributed by atoms with E-state index in [2.05, 4.69) is 10.0 Å². The summed E-state index contributed by atoms with van der Waals surface area (Å²) >= 11 is 1.46. The molecule has 5 nitrogen and oxygen atoms in total. The number of fused-ring (bicyclic) bond motifs is 2. The molecule has 1 heterocycles. The Kier molecular flexibility index (Phi) is 4.57. The first-order chi connectivity index (χ1) is 13.0. The van der Waals surface area contributed by atoms with E-state index in [0.29, 0.717) is 11.4 Å². The van der Waals surface area contributed by atoms with Crippen molar-refractivity contribution in [1.29, 1.82) is 0 Å². The van der Waals surface area contributed by atoms with Crippen molar-refractivity contribution in [3.63, 3.8) is 0 Å². The minimum absolute atomic E-state index is 0.0911. The molecule has 0 radical (unpaired) electrons. The lowest BCUT2D eigenvalue weighted by Crippen LogP contribution is -2.28. The molecule has 0 bridgehead atoms. The van der Waals surface area contributed by atoms with Gasteiger partial charge in [0.25, 0.3) is 10.0 Å². The van der Waals surface area contributed by atoms with Crippen molar-refractivity contribution >= 4 is 49.8 Å². The summed E-state index contributed by atoms with van der Waals surface area (Å²) in [6.07, 6.45) is 0.721. The number of thioether (sulfide) groups is 1. The van der Waals surface area contributed by atoms with Crippen molar-refractivity contribution in [2.45, 2.75) is 28.4 Å². The summed E-state index contributed by atoms with van der Waals surface area (Å²) in [7, 11) is -3.79. The first-order valence-electron chi connectivity index (χ1n) is 8.60. The summed E-state index contributed by atoms with van der Waals surface area (Å²) in [5.41, 5.74) is 1.06. The molecule has 138 valence electrons. The molecule has 3 aromatic rings. The Bertz CT molecular complexity index is 1140. The third-order valence-corrected chi connectivity index (χ3v) is 7.29. The number of rotatable bonds is 4. The lowest BCUT2D eigenvalue weighted by molar-refractivity contribution is -0.115. The van der Waals surface area contributed by atoms with Crippen LogP contribution in [0.1, 0.15) is 13.3 Å². The SMILES string of the molecule is CC[C@@H]1Sc2ccc(S(=O)(=O)Nc3cccc4ccccc34)cc2NC1=O. The molecule has 0 saturated heterocycles. The van der Waals surface area contributed by atoms with Gasteiger partial charge >= 0.3 is 0 Å². The van der Waals surface area contributed by atoms with Crippen LogP contribution in [0.15, 0.2) is 70.5 Å². The van der Waals surface area contributed by atoms with Crippen LogP contribution in [0.25, 0.3) is 10.8 Å². The van der Waals surface area contributed by atoms with Crippen molar-refractivity contribution in [2.75, 3.05) is 10.0 Å². The molecule has 0 spiro atoms. The predicted octanol–water partition coefficient (Wildman–Crippen LogP) is 4.46. The second kappa shape index (κ2) is 6.90. The first-order valence-corrected chi connectivity index (χ1v) is 11.0. The van der Waals surface area contributed by atoms with Gasteiger partial charge in [0.05, 0.1) is 21.5 Å². The maximum absolute atomic E-state index is 12.9. The van der Waals surface area contributed by atoms with Crippen LogP contribution in [-0.4, -0.2) is 19.6 Å². The van der Waals surface area contributed by atoms with E-state index in [1.165, 1.54) is 17.8 Å². The van der Waals surface area contributed by atoms with Gasteiger partial charge < -0.3 is 5.32 Å². The molecule has 27 heavy (non-hydrogen) atoms. The van der Waals surface area contributed by atoms with Gasteiger partial charge in [-0.05, 0) is 36.1 Å². The minimum Gasteiger partial charge on any atom is -0.324 e. The van der Waals surface area contributed by atoms with Crippen LogP contribution >= 0.6 is 11.8 Å². The van der Waals surface area contributed by atoms with E-state index in [-0.39, 0.29) is 16.1 Å². The topological polar surface area (TPSA) is 75.3 Å². The Hall–Kier alpha value is -2.51. The molecular formula is C20H18N2O3S2. The van der Waals surface area contributed by atoms with Crippen LogP contribution < -0.4 is 10.0 Å². The number of benzene rings is 3. The molecule has 7 heteroatoms. The largest absolute Gasteiger partial charge is 0.324 e. The smallest absolute Gasteiger partial charge is 0.261 e. The van der Waals surface area contributed by atoms with Crippen LogP contribution in [-0.2, 0) is 14.8 Å². The summed E-state index contributed by atoms with van der Waals surface area (Å²) < 4.78 is 28.5. The van der Waals surface area contributed by atoms with Crippen molar-refractivity contribution in [3.8, 4) is 0 Å². The highest BCUT2D eigenvalue weighted by Gasteiger charge is 2.27. The fourth-order valence-corrected chi connectivity index (χ4v) is 5.21. The van der Waals surface area contributed by atoms with Crippen LogP contribution in [0.5, 0.6) is 0 Å². The van der Waals surface area contributed by atoms with Gasteiger partial charge in [0.15, 0.2) is 0 Å². The molecular weight excluding hydrogens is 380 g/mol. The van der Waals surface area contributed by atoms with Gasteiger partial charge in [0.1, 0.15) is 0 Å². The molecule has 1 atom stereocenters. The summed E-state index contributed by atoms with van der Waals surface area (Å²) in [5, 5.41) is 4.46. The molecule has 0 aliphatic carbocycles. The van der Waals surface area contributed by atoms with Crippen LogP contribution in [0, 0.1) is 0 Å². The van der Waals surface area contributed by atoms with E-state index in [9.17, 15) is 13.2 Å². The van der Waals surface area contributed by atoms with Gasteiger partial charge in [-0.2, -0.15) is 0 Å². The van der Waals surface area contributed by atoms with E-state index in [4.69, 9.17) is 0 Å².